The predicted octanol–water partition coefficient (Wildman–Crippen LogP) is 1.92. The third-order valence-corrected chi connectivity index (χ3v) is 3.32. The monoisotopic (exact) mass is 215 g/mol. The average molecular weight is 215 g/mol. The number of hydrogen-bond acceptors (Lipinski definition) is 3. The van der Waals surface area contributed by atoms with E-state index in [1.807, 2.05) is 24.3 Å². The van der Waals surface area contributed by atoms with E-state index in [-0.39, 0.29) is 6.04 Å². The van der Waals surface area contributed by atoms with Crippen molar-refractivity contribution in [3.05, 3.63) is 59.5 Å². The molecule has 0 radical (unpaired) electrons. The first kappa shape index (κ1) is 9.63. The maximum atomic E-state index is 10.7. The van der Waals surface area contributed by atoms with Crippen molar-refractivity contribution in [3.8, 4) is 0 Å². The highest BCUT2D eigenvalue weighted by Crippen LogP contribution is 2.46. The van der Waals surface area contributed by atoms with Crippen LogP contribution in [0, 0.1) is 0 Å². The zero-order valence-electron chi connectivity index (χ0n) is 8.76. The van der Waals surface area contributed by atoms with Crippen molar-refractivity contribution in [3.63, 3.8) is 0 Å². The summed E-state index contributed by atoms with van der Waals surface area (Å²) in [5, 5.41) is 10.7. The summed E-state index contributed by atoms with van der Waals surface area (Å²) in [4.78, 5) is 0. The zero-order chi connectivity index (χ0) is 11.2. The third-order valence-electron chi connectivity index (χ3n) is 3.32. The Bertz CT molecular complexity index is 506. The fourth-order valence-electron chi connectivity index (χ4n) is 2.51. The number of hydrogen-bond donors (Lipinski definition) is 2. The van der Waals surface area contributed by atoms with Gasteiger partial charge in [-0.3, -0.25) is 0 Å². The molecule has 82 valence electrons. The van der Waals surface area contributed by atoms with E-state index in [9.17, 15) is 5.11 Å². The number of rotatable bonds is 1. The van der Waals surface area contributed by atoms with Crippen LogP contribution in [0.3, 0.4) is 0 Å². The Kier molecular flexibility index (Phi) is 1.93. The summed E-state index contributed by atoms with van der Waals surface area (Å²) >= 11 is 0. The van der Waals surface area contributed by atoms with Crippen LogP contribution in [0.2, 0.25) is 0 Å². The number of fused-ring (bicyclic) bond motifs is 1. The number of aliphatic hydroxyl groups is 1. The van der Waals surface area contributed by atoms with Crippen molar-refractivity contribution in [1.29, 1.82) is 0 Å². The van der Waals surface area contributed by atoms with Crippen molar-refractivity contribution in [2.75, 3.05) is 0 Å². The second-order valence-corrected chi connectivity index (χ2v) is 4.27. The van der Waals surface area contributed by atoms with Crippen LogP contribution in [0.4, 0.5) is 0 Å². The summed E-state index contributed by atoms with van der Waals surface area (Å²) in [7, 11) is 0. The van der Waals surface area contributed by atoms with E-state index in [0.29, 0.717) is 6.42 Å². The van der Waals surface area contributed by atoms with Gasteiger partial charge in [0.2, 0.25) is 0 Å². The van der Waals surface area contributed by atoms with E-state index in [1.54, 1.807) is 18.6 Å². The van der Waals surface area contributed by atoms with Crippen LogP contribution < -0.4 is 5.73 Å². The lowest BCUT2D eigenvalue weighted by atomic mass is 9.90. The fourth-order valence-corrected chi connectivity index (χ4v) is 2.51. The molecule has 2 unspecified atom stereocenters. The molecule has 1 heterocycles. The number of benzene rings is 1. The molecule has 0 spiro atoms. The van der Waals surface area contributed by atoms with E-state index in [0.717, 1.165) is 16.7 Å². The van der Waals surface area contributed by atoms with Crippen LogP contribution in [0.15, 0.2) is 47.3 Å². The highest BCUT2D eigenvalue weighted by Gasteiger charge is 2.42. The van der Waals surface area contributed by atoms with E-state index >= 15 is 0 Å². The Morgan fingerprint density at radius 3 is 2.88 bits per heavy atom. The summed E-state index contributed by atoms with van der Waals surface area (Å²) in [6, 6.07) is 9.43. The van der Waals surface area contributed by atoms with E-state index < -0.39 is 5.60 Å². The standard InChI is InChI=1S/C13H13NO2/c14-12-7-13(15,9-5-6-16-8-9)11-4-2-1-3-10(11)12/h1-6,8,12,15H,7,14H2. The normalized spacial score (nSPS) is 28.0. The number of nitrogens with two attached hydrogens (primary N) is 1. The highest BCUT2D eigenvalue weighted by molar-refractivity contribution is 5.46. The molecule has 0 bridgehead atoms. The van der Waals surface area contributed by atoms with E-state index in [1.165, 1.54) is 0 Å². The summed E-state index contributed by atoms with van der Waals surface area (Å²) in [5.74, 6) is 0. The quantitative estimate of drug-likeness (QED) is 0.764. The van der Waals surface area contributed by atoms with Crippen molar-refractivity contribution in [2.45, 2.75) is 18.1 Å². The minimum atomic E-state index is -0.997. The molecular weight excluding hydrogens is 202 g/mol. The lowest BCUT2D eigenvalue weighted by molar-refractivity contribution is 0.0770. The molecule has 3 heteroatoms. The van der Waals surface area contributed by atoms with Gasteiger partial charge in [0.15, 0.2) is 0 Å². The number of furan rings is 1. The van der Waals surface area contributed by atoms with Gasteiger partial charge in [0.25, 0.3) is 0 Å². The summed E-state index contributed by atoms with van der Waals surface area (Å²) in [5.41, 5.74) is 7.72. The average Bonchev–Trinajstić information content (AvgIpc) is 2.89. The molecule has 0 fully saturated rings. The molecule has 0 saturated heterocycles. The van der Waals surface area contributed by atoms with Crippen LogP contribution in [-0.2, 0) is 5.60 Å². The fraction of sp³-hybridized carbons (Fsp3) is 0.231. The summed E-state index contributed by atoms with van der Waals surface area (Å²) in [6.45, 7) is 0. The van der Waals surface area contributed by atoms with Crippen LogP contribution >= 0.6 is 0 Å². The lowest BCUT2D eigenvalue weighted by Gasteiger charge is -2.22. The first-order chi connectivity index (χ1) is 7.72. The predicted molar refractivity (Wildman–Crippen MR) is 59.7 cm³/mol. The largest absolute Gasteiger partial charge is 0.472 e. The van der Waals surface area contributed by atoms with Gasteiger partial charge < -0.3 is 15.3 Å². The molecule has 1 aliphatic carbocycles. The van der Waals surface area contributed by atoms with E-state index in [4.69, 9.17) is 10.2 Å². The van der Waals surface area contributed by atoms with Crippen molar-refractivity contribution in [2.24, 2.45) is 5.73 Å². The topological polar surface area (TPSA) is 59.4 Å². The minimum absolute atomic E-state index is 0.115. The Morgan fingerprint density at radius 1 is 1.31 bits per heavy atom. The van der Waals surface area contributed by atoms with Gasteiger partial charge in [0.1, 0.15) is 5.60 Å². The van der Waals surface area contributed by atoms with Crippen molar-refractivity contribution < 1.29 is 9.52 Å². The zero-order valence-corrected chi connectivity index (χ0v) is 8.76. The molecule has 1 aromatic carbocycles. The van der Waals surface area contributed by atoms with Crippen molar-refractivity contribution >= 4 is 0 Å². The maximum Gasteiger partial charge on any atom is 0.120 e. The molecule has 2 atom stereocenters. The van der Waals surface area contributed by atoms with Gasteiger partial charge in [-0.05, 0) is 17.2 Å². The van der Waals surface area contributed by atoms with Crippen molar-refractivity contribution in [1.82, 2.24) is 0 Å². The molecule has 1 aromatic heterocycles. The van der Waals surface area contributed by atoms with Crippen LogP contribution in [0.25, 0.3) is 0 Å². The Hall–Kier alpha value is -1.58. The second-order valence-electron chi connectivity index (χ2n) is 4.27. The Labute approximate surface area is 93.5 Å². The molecule has 3 N–H and O–H groups in total. The maximum absolute atomic E-state index is 10.7. The van der Waals surface area contributed by atoms with Gasteiger partial charge in [-0.15, -0.1) is 0 Å². The Balaban J connectivity index is 2.19. The molecule has 16 heavy (non-hydrogen) atoms. The molecular formula is C13H13NO2. The summed E-state index contributed by atoms with van der Waals surface area (Å²) in [6.07, 6.45) is 3.65. The van der Waals surface area contributed by atoms with Crippen LogP contribution in [0.1, 0.15) is 29.2 Å². The molecule has 1 aliphatic rings. The highest BCUT2D eigenvalue weighted by atomic mass is 16.3. The first-order valence-electron chi connectivity index (χ1n) is 5.32. The lowest BCUT2D eigenvalue weighted by Crippen LogP contribution is -2.24. The molecule has 3 nitrogen and oxygen atoms in total. The SMILES string of the molecule is NC1CC(O)(c2ccoc2)c2ccccc21. The van der Waals surface area contributed by atoms with Gasteiger partial charge in [-0.2, -0.15) is 0 Å². The molecule has 0 saturated carbocycles. The molecule has 3 rings (SSSR count). The second kappa shape index (κ2) is 3.20. The third kappa shape index (κ3) is 1.16. The summed E-state index contributed by atoms with van der Waals surface area (Å²) < 4.78 is 5.04. The van der Waals surface area contributed by atoms with Crippen LogP contribution in [-0.4, -0.2) is 5.11 Å². The minimum Gasteiger partial charge on any atom is -0.472 e. The van der Waals surface area contributed by atoms with Gasteiger partial charge in [-0.25, -0.2) is 0 Å². The van der Waals surface area contributed by atoms with Gasteiger partial charge >= 0.3 is 0 Å². The first-order valence-corrected chi connectivity index (χ1v) is 5.32. The Morgan fingerprint density at radius 2 is 2.12 bits per heavy atom. The van der Waals surface area contributed by atoms with E-state index in [2.05, 4.69) is 0 Å². The smallest absolute Gasteiger partial charge is 0.120 e. The van der Waals surface area contributed by atoms with Gasteiger partial charge in [0.05, 0.1) is 12.5 Å². The van der Waals surface area contributed by atoms with Crippen LogP contribution in [0.5, 0.6) is 0 Å². The molecule has 2 aromatic rings. The molecule has 0 amide bonds. The molecule has 0 aliphatic heterocycles. The van der Waals surface area contributed by atoms with Gasteiger partial charge in [-0.1, -0.05) is 24.3 Å². The van der Waals surface area contributed by atoms with Gasteiger partial charge in [0, 0.05) is 18.0 Å².